The molecule has 0 radical (unpaired) electrons. The topological polar surface area (TPSA) is 70.5 Å². The van der Waals surface area contributed by atoms with Crippen LogP contribution in [-0.2, 0) is 18.1 Å². The first kappa shape index (κ1) is 25.7. The summed E-state index contributed by atoms with van der Waals surface area (Å²) in [6.07, 6.45) is -9.55. The Labute approximate surface area is 208 Å². The Kier molecular flexibility index (Phi) is 6.68. The summed E-state index contributed by atoms with van der Waals surface area (Å²) in [7, 11) is 0. The lowest BCUT2D eigenvalue weighted by molar-refractivity contribution is -0.137. The number of hydrogen-bond donors (Lipinski definition) is 2. The van der Waals surface area contributed by atoms with E-state index in [0.29, 0.717) is 23.3 Å². The predicted octanol–water partition coefficient (Wildman–Crippen LogP) is 7.25. The van der Waals surface area contributed by atoms with Gasteiger partial charge in [0.15, 0.2) is 0 Å². The lowest BCUT2D eigenvalue weighted by Gasteiger charge is -2.36. The summed E-state index contributed by atoms with van der Waals surface area (Å²) in [4.78, 5) is 0. The molecule has 37 heavy (non-hydrogen) atoms. The number of nitrogen functional groups attached to an aromatic ring is 2. The summed E-state index contributed by atoms with van der Waals surface area (Å²) >= 11 is 0. The molecule has 4 rings (SSSR count). The highest BCUT2D eigenvalue weighted by Crippen LogP contribution is 2.42. The maximum absolute atomic E-state index is 13.6. The van der Waals surface area contributed by atoms with Gasteiger partial charge in [0.2, 0.25) is 0 Å². The average Bonchev–Trinajstić information content (AvgIpc) is 2.85. The molecule has 0 aliphatic rings. The second-order valence-electron chi connectivity index (χ2n) is 8.05. The van der Waals surface area contributed by atoms with Crippen molar-refractivity contribution in [3.8, 4) is 11.5 Å². The predicted molar refractivity (Wildman–Crippen MR) is 127 cm³/mol. The zero-order chi connectivity index (χ0) is 26.8. The number of alkyl halides is 6. The van der Waals surface area contributed by atoms with Gasteiger partial charge >= 0.3 is 18.1 Å². The minimum absolute atomic E-state index is 0.277. The fourth-order valence-electron chi connectivity index (χ4n) is 3.76. The number of benzene rings is 4. The summed E-state index contributed by atoms with van der Waals surface area (Å²) in [6.45, 7) is 0. The first-order valence-electron chi connectivity index (χ1n) is 10.8. The van der Waals surface area contributed by atoms with Crippen molar-refractivity contribution in [2.75, 3.05) is 11.5 Å². The van der Waals surface area contributed by atoms with Gasteiger partial charge in [-0.1, -0.05) is 60.7 Å². The van der Waals surface area contributed by atoms with Gasteiger partial charge in [-0.15, -0.1) is 0 Å². The van der Waals surface area contributed by atoms with Gasteiger partial charge in [0.25, 0.3) is 0 Å². The quantitative estimate of drug-likeness (QED) is 0.160. The Hall–Kier alpha value is -4.34. The second kappa shape index (κ2) is 9.61. The van der Waals surface area contributed by atoms with Crippen molar-refractivity contribution in [1.29, 1.82) is 0 Å². The molecule has 10 heteroatoms. The molecule has 0 saturated heterocycles. The van der Waals surface area contributed by atoms with E-state index >= 15 is 0 Å². The van der Waals surface area contributed by atoms with Crippen LogP contribution in [0.5, 0.6) is 11.5 Å². The highest BCUT2D eigenvalue weighted by molar-refractivity contribution is 5.54. The zero-order valence-corrected chi connectivity index (χ0v) is 19.0. The number of nitrogens with two attached hydrogens (primary N) is 2. The van der Waals surface area contributed by atoms with Crippen LogP contribution in [0.4, 0.5) is 37.7 Å². The van der Waals surface area contributed by atoms with Gasteiger partial charge in [0, 0.05) is 22.5 Å². The molecule has 0 amide bonds. The first-order chi connectivity index (χ1) is 17.4. The number of anilines is 2. The van der Waals surface area contributed by atoms with E-state index in [4.69, 9.17) is 20.9 Å². The van der Waals surface area contributed by atoms with Gasteiger partial charge in [-0.05, 0) is 36.4 Å². The van der Waals surface area contributed by atoms with Crippen LogP contribution >= 0.6 is 0 Å². The summed E-state index contributed by atoms with van der Waals surface area (Å²) in [5, 5.41) is 0. The van der Waals surface area contributed by atoms with Crippen LogP contribution in [0.25, 0.3) is 0 Å². The molecular formula is C27H20F6N2O2. The van der Waals surface area contributed by atoms with E-state index < -0.39 is 40.6 Å². The molecule has 0 bridgehead atoms. The molecule has 0 unspecified atom stereocenters. The highest BCUT2D eigenvalue weighted by atomic mass is 19.4. The highest BCUT2D eigenvalue weighted by Gasteiger charge is 2.42. The van der Waals surface area contributed by atoms with E-state index in [1.807, 2.05) is 0 Å². The van der Waals surface area contributed by atoms with E-state index in [1.165, 1.54) is 12.1 Å². The second-order valence-corrected chi connectivity index (χ2v) is 8.05. The van der Waals surface area contributed by atoms with Crippen molar-refractivity contribution in [3.05, 3.63) is 119 Å². The van der Waals surface area contributed by atoms with Crippen molar-refractivity contribution in [1.82, 2.24) is 0 Å². The number of halogens is 6. The van der Waals surface area contributed by atoms with E-state index in [9.17, 15) is 26.3 Å². The van der Waals surface area contributed by atoms with Gasteiger partial charge in [-0.25, -0.2) is 0 Å². The van der Waals surface area contributed by atoms with Crippen LogP contribution in [0, 0.1) is 0 Å². The Balaban J connectivity index is 1.94. The largest absolute Gasteiger partial charge is 0.444 e. The van der Waals surface area contributed by atoms with Crippen LogP contribution in [0.2, 0.25) is 0 Å². The maximum Gasteiger partial charge on any atom is 0.418 e. The molecule has 4 N–H and O–H groups in total. The molecule has 0 fully saturated rings. The first-order valence-corrected chi connectivity index (χ1v) is 10.8. The molecule has 192 valence electrons. The Morgan fingerprint density at radius 1 is 0.486 bits per heavy atom. The number of hydrogen-bond acceptors (Lipinski definition) is 4. The third-order valence-electron chi connectivity index (χ3n) is 5.49. The molecule has 0 atom stereocenters. The molecule has 0 aromatic heterocycles. The minimum atomic E-state index is -4.77. The van der Waals surface area contributed by atoms with E-state index in [0.717, 1.165) is 12.1 Å². The lowest BCUT2D eigenvalue weighted by atomic mass is 9.96. The van der Waals surface area contributed by atoms with E-state index in [2.05, 4.69) is 0 Å². The summed E-state index contributed by atoms with van der Waals surface area (Å²) in [5.41, 5.74) is 8.37. The molecule has 4 aromatic carbocycles. The van der Waals surface area contributed by atoms with E-state index in [1.54, 1.807) is 60.7 Å². The SMILES string of the molecule is Nc1ccc(OC(Oc2ccc(N)c(C(F)(F)F)c2)(c2ccccc2)c2ccccc2)cc1C(F)(F)F. The summed E-state index contributed by atoms with van der Waals surface area (Å²) in [5.74, 6) is -2.55. The zero-order valence-electron chi connectivity index (χ0n) is 19.0. The van der Waals surface area contributed by atoms with Crippen molar-refractivity contribution in [2.24, 2.45) is 0 Å². The van der Waals surface area contributed by atoms with Crippen LogP contribution in [0.1, 0.15) is 22.3 Å². The van der Waals surface area contributed by atoms with Gasteiger partial charge in [-0.2, -0.15) is 26.3 Å². The fraction of sp³-hybridized carbons (Fsp3) is 0.111. The van der Waals surface area contributed by atoms with Crippen LogP contribution in [0.15, 0.2) is 97.1 Å². The molecule has 0 saturated carbocycles. The van der Waals surface area contributed by atoms with Crippen LogP contribution < -0.4 is 20.9 Å². The number of rotatable bonds is 6. The maximum atomic E-state index is 13.6. The third kappa shape index (κ3) is 5.42. The summed E-state index contributed by atoms with van der Waals surface area (Å²) < 4.78 is 93.6. The minimum Gasteiger partial charge on any atom is -0.444 e. The normalized spacial score (nSPS) is 12.3. The van der Waals surface area contributed by atoms with Crippen molar-refractivity contribution in [2.45, 2.75) is 18.1 Å². The molecule has 0 spiro atoms. The van der Waals surface area contributed by atoms with Gasteiger partial charge in [0.05, 0.1) is 11.1 Å². The molecule has 4 nitrogen and oxygen atoms in total. The average molecular weight is 518 g/mol. The Morgan fingerprint density at radius 2 is 0.838 bits per heavy atom. The standard InChI is InChI=1S/C27H20F6N2O2/c28-26(29,30)21-15-19(11-13-23(21)34)36-25(17-7-3-1-4-8-17,18-9-5-2-6-10-18)37-20-12-14-24(35)22(16-20)27(31,32)33/h1-16H,34-35H2. The van der Waals surface area contributed by atoms with Gasteiger partial charge in [-0.3, -0.25) is 0 Å². The Bertz CT molecular complexity index is 1270. The van der Waals surface area contributed by atoms with Gasteiger partial charge < -0.3 is 20.9 Å². The monoisotopic (exact) mass is 518 g/mol. The smallest absolute Gasteiger partial charge is 0.418 e. The molecule has 0 heterocycles. The van der Waals surface area contributed by atoms with Crippen molar-refractivity contribution in [3.63, 3.8) is 0 Å². The molecule has 0 aliphatic heterocycles. The van der Waals surface area contributed by atoms with E-state index in [-0.39, 0.29) is 11.5 Å². The lowest BCUT2D eigenvalue weighted by Crippen LogP contribution is -2.41. The van der Waals surface area contributed by atoms with Crippen LogP contribution in [-0.4, -0.2) is 0 Å². The summed E-state index contributed by atoms with van der Waals surface area (Å²) in [6, 6.07) is 22.2. The molecular weight excluding hydrogens is 498 g/mol. The fourth-order valence-corrected chi connectivity index (χ4v) is 3.76. The van der Waals surface area contributed by atoms with Crippen LogP contribution in [0.3, 0.4) is 0 Å². The third-order valence-corrected chi connectivity index (χ3v) is 5.49. The molecule has 4 aromatic rings. The van der Waals surface area contributed by atoms with Gasteiger partial charge in [0.1, 0.15) is 11.5 Å². The number of ether oxygens (including phenoxy) is 2. The van der Waals surface area contributed by atoms with Crippen molar-refractivity contribution >= 4 is 11.4 Å². The Morgan fingerprint density at radius 3 is 1.16 bits per heavy atom. The molecule has 0 aliphatic carbocycles. The van der Waals surface area contributed by atoms with Crippen molar-refractivity contribution < 1.29 is 35.8 Å².